The average molecular weight is 252 g/mol. The Morgan fingerprint density at radius 2 is 1.82 bits per heavy atom. The van der Waals surface area contributed by atoms with Gasteiger partial charge in [0.05, 0.1) is 11.5 Å². The lowest BCUT2D eigenvalue weighted by atomic mass is 10.2. The highest BCUT2D eigenvalue weighted by Crippen LogP contribution is 2.10. The van der Waals surface area contributed by atoms with Gasteiger partial charge in [0.25, 0.3) is 0 Å². The van der Waals surface area contributed by atoms with Gasteiger partial charge < -0.3 is 4.90 Å². The van der Waals surface area contributed by atoms with E-state index in [0.29, 0.717) is 25.3 Å². The lowest BCUT2D eigenvalue weighted by Crippen LogP contribution is -2.33. The van der Waals surface area contributed by atoms with Crippen LogP contribution in [0, 0.1) is 5.41 Å². The van der Waals surface area contributed by atoms with Crippen molar-refractivity contribution in [2.75, 3.05) is 24.6 Å². The van der Waals surface area contributed by atoms with Crippen molar-refractivity contribution in [1.82, 2.24) is 4.90 Å². The second kappa shape index (κ2) is 4.87. The standard InChI is InChI=1S/C12H16N2O2S/c13-12(11-5-2-1-3-6-11)14-7-4-9-17(15,16)10-8-14/h1-3,5-6,13H,4,7-10H2. The molecule has 0 aromatic heterocycles. The predicted octanol–water partition coefficient (Wildman–Crippen LogP) is 1.13. The molecule has 1 aromatic rings. The summed E-state index contributed by atoms with van der Waals surface area (Å²) in [5.74, 6) is 0.816. The molecule has 4 nitrogen and oxygen atoms in total. The van der Waals surface area contributed by atoms with Gasteiger partial charge in [-0.15, -0.1) is 0 Å². The van der Waals surface area contributed by atoms with Gasteiger partial charge in [-0.05, 0) is 6.42 Å². The first-order valence-corrected chi connectivity index (χ1v) is 7.50. The van der Waals surface area contributed by atoms with Gasteiger partial charge in [-0.1, -0.05) is 30.3 Å². The Hall–Kier alpha value is -1.36. The van der Waals surface area contributed by atoms with Crippen LogP contribution in [0.4, 0.5) is 0 Å². The Morgan fingerprint density at radius 1 is 1.12 bits per heavy atom. The van der Waals surface area contributed by atoms with Crippen LogP contribution in [0.3, 0.4) is 0 Å². The summed E-state index contributed by atoms with van der Waals surface area (Å²) in [5, 5.41) is 8.08. The summed E-state index contributed by atoms with van der Waals surface area (Å²) in [7, 11) is -2.91. The minimum atomic E-state index is -2.91. The Kier molecular flexibility index (Phi) is 3.47. The van der Waals surface area contributed by atoms with E-state index in [1.807, 2.05) is 35.2 Å². The molecular formula is C12H16N2O2S. The maximum atomic E-state index is 11.5. The zero-order valence-electron chi connectivity index (χ0n) is 9.59. The van der Waals surface area contributed by atoms with E-state index in [1.165, 1.54) is 0 Å². The predicted molar refractivity (Wildman–Crippen MR) is 68.1 cm³/mol. The summed E-state index contributed by atoms with van der Waals surface area (Å²) in [5.41, 5.74) is 0.840. The molecule has 1 aliphatic heterocycles. The number of benzene rings is 1. The first-order valence-electron chi connectivity index (χ1n) is 5.68. The van der Waals surface area contributed by atoms with E-state index in [2.05, 4.69) is 0 Å². The Morgan fingerprint density at radius 3 is 2.53 bits per heavy atom. The Labute approximate surface area is 102 Å². The van der Waals surface area contributed by atoms with E-state index < -0.39 is 9.84 Å². The molecular weight excluding hydrogens is 236 g/mol. The molecule has 17 heavy (non-hydrogen) atoms. The van der Waals surface area contributed by atoms with Crippen LogP contribution in [0.1, 0.15) is 12.0 Å². The zero-order valence-corrected chi connectivity index (χ0v) is 10.4. The molecule has 1 aromatic carbocycles. The third-order valence-electron chi connectivity index (χ3n) is 2.92. The summed E-state index contributed by atoms with van der Waals surface area (Å²) < 4.78 is 23.0. The van der Waals surface area contributed by atoms with Gasteiger partial charge in [-0.2, -0.15) is 0 Å². The van der Waals surface area contributed by atoms with Gasteiger partial charge in [0, 0.05) is 18.7 Å². The van der Waals surface area contributed by atoms with Crippen molar-refractivity contribution in [3.05, 3.63) is 35.9 Å². The molecule has 1 aliphatic rings. The van der Waals surface area contributed by atoms with Gasteiger partial charge >= 0.3 is 0 Å². The Balaban J connectivity index is 2.11. The maximum absolute atomic E-state index is 11.5. The molecule has 0 unspecified atom stereocenters. The highest BCUT2D eigenvalue weighted by Gasteiger charge is 2.21. The summed E-state index contributed by atoms with van der Waals surface area (Å²) in [6.07, 6.45) is 0.609. The van der Waals surface area contributed by atoms with Crippen molar-refractivity contribution in [3.8, 4) is 0 Å². The molecule has 1 heterocycles. The van der Waals surface area contributed by atoms with Gasteiger partial charge in [-0.25, -0.2) is 8.42 Å². The van der Waals surface area contributed by atoms with Crippen LogP contribution < -0.4 is 0 Å². The van der Waals surface area contributed by atoms with Crippen LogP contribution >= 0.6 is 0 Å². The van der Waals surface area contributed by atoms with Crippen LogP contribution in [-0.4, -0.2) is 43.7 Å². The number of hydrogen-bond donors (Lipinski definition) is 1. The van der Waals surface area contributed by atoms with Crippen molar-refractivity contribution in [2.24, 2.45) is 0 Å². The van der Waals surface area contributed by atoms with Gasteiger partial charge in [0.1, 0.15) is 5.84 Å². The summed E-state index contributed by atoms with van der Waals surface area (Å²) in [6.45, 7) is 1.07. The SMILES string of the molecule is N=C(c1ccccc1)N1CCCS(=O)(=O)CC1. The minimum absolute atomic E-state index is 0.155. The number of nitrogens with one attached hydrogen (secondary N) is 1. The van der Waals surface area contributed by atoms with Gasteiger partial charge in [0.15, 0.2) is 9.84 Å². The zero-order chi connectivity index (χ0) is 12.3. The molecule has 0 spiro atoms. The summed E-state index contributed by atoms with van der Waals surface area (Å²) in [4.78, 5) is 1.85. The van der Waals surface area contributed by atoms with E-state index in [0.717, 1.165) is 5.56 Å². The normalized spacial score (nSPS) is 19.6. The van der Waals surface area contributed by atoms with E-state index >= 15 is 0 Å². The molecule has 1 fully saturated rings. The van der Waals surface area contributed by atoms with Crippen LogP contribution in [0.25, 0.3) is 0 Å². The molecule has 0 amide bonds. The minimum Gasteiger partial charge on any atom is -0.356 e. The van der Waals surface area contributed by atoms with Gasteiger partial charge in [-0.3, -0.25) is 5.41 Å². The number of rotatable bonds is 1. The second-order valence-corrected chi connectivity index (χ2v) is 6.51. The molecule has 0 radical (unpaired) electrons. The van der Waals surface area contributed by atoms with Crippen molar-refractivity contribution in [3.63, 3.8) is 0 Å². The molecule has 0 atom stereocenters. The number of hydrogen-bond acceptors (Lipinski definition) is 3. The number of sulfone groups is 1. The maximum Gasteiger partial charge on any atom is 0.152 e. The summed E-state index contributed by atoms with van der Waals surface area (Å²) in [6, 6.07) is 9.43. The first-order chi connectivity index (χ1) is 8.08. The van der Waals surface area contributed by atoms with Crippen molar-refractivity contribution in [1.29, 1.82) is 5.41 Å². The van der Waals surface area contributed by atoms with E-state index in [9.17, 15) is 8.42 Å². The van der Waals surface area contributed by atoms with Gasteiger partial charge in [0.2, 0.25) is 0 Å². The number of amidine groups is 1. The highest BCUT2D eigenvalue weighted by molar-refractivity contribution is 7.91. The summed E-state index contributed by atoms with van der Waals surface area (Å²) >= 11 is 0. The van der Waals surface area contributed by atoms with E-state index in [1.54, 1.807) is 0 Å². The van der Waals surface area contributed by atoms with Crippen molar-refractivity contribution in [2.45, 2.75) is 6.42 Å². The molecule has 0 aliphatic carbocycles. The van der Waals surface area contributed by atoms with Crippen LogP contribution in [0.2, 0.25) is 0 Å². The fourth-order valence-electron chi connectivity index (χ4n) is 1.94. The average Bonchev–Trinajstić information content (AvgIpc) is 2.50. The fraction of sp³-hybridized carbons (Fsp3) is 0.417. The molecule has 5 heteroatoms. The number of nitrogens with zero attached hydrogens (tertiary/aromatic N) is 1. The van der Waals surface area contributed by atoms with Crippen molar-refractivity contribution < 1.29 is 8.42 Å². The third-order valence-corrected chi connectivity index (χ3v) is 4.63. The quantitative estimate of drug-likeness (QED) is 0.602. The first kappa shape index (κ1) is 12.1. The molecule has 92 valence electrons. The van der Waals surface area contributed by atoms with E-state index in [4.69, 9.17) is 5.41 Å². The van der Waals surface area contributed by atoms with Crippen LogP contribution in [-0.2, 0) is 9.84 Å². The smallest absolute Gasteiger partial charge is 0.152 e. The molecule has 1 saturated heterocycles. The van der Waals surface area contributed by atoms with Crippen LogP contribution in [0.15, 0.2) is 30.3 Å². The van der Waals surface area contributed by atoms with E-state index in [-0.39, 0.29) is 11.5 Å². The molecule has 0 saturated carbocycles. The molecule has 1 N–H and O–H groups in total. The molecule has 0 bridgehead atoms. The fourth-order valence-corrected chi connectivity index (χ4v) is 3.21. The lowest BCUT2D eigenvalue weighted by molar-refractivity contribution is 0.448. The molecule has 2 rings (SSSR count). The lowest BCUT2D eigenvalue weighted by Gasteiger charge is -2.22. The third kappa shape index (κ3) is 3.06. The monoisotopic (exact) mass is 252 g/mol. The Bertz CT molecular complexity index is 496. The van der Waals surface area contributed by atoms with Crippen LogP contribution in [0.5, 0.6) is 0 Å². The second-order valence-electron chi connectivity index (χ2n) is 4.21. The van der Waals surface area contributed by atoms with Crippen molar-refractivity contribution >= 4 is 15.7 Å². The topological polar surface area (TPSA) is 61.2 Å². The highest BCUT2D eigenvalue weighted by atomic mass is 32.2. The largest absolute Gasteiger partial charge is 0.356 e.